The average Bonchev–Trinajstić information content (AvgIpc) is 1.90. The van der Waals surface area contributed by atoms with E-state index in [9.17, 15) is 0 Å². The van der Waals surface area contributed by atoms with E-state index in [1.807, 2.05) is 41.5 Å². The smallest absolute Gasteiger partial charge is 0.0461 e. The Labute approximate surface area is 76.0 Å². The summed E-state index contributed by atoms with van der Waals surface area (Å²) in [4.78, 5) is 5.18. The van der Waals surface area contributed by atoms with Crippen molar-refractivity contribution in [3.05, 3.63) is 10.6 Å². The maximum absolute atomic E-state index is 4.20. The minimum atomic E-state index is 0.983. The molecule has 0 bridgehead atoms. The Kier molecular flexibility index (Phi) is 9.55. The molecule has 0 N–H and O–H groups in total. The quantitative estimate of drug-likeness (QED) is 0.459. The number of nitrogens with zero attached hydrogens (tertiary/aromatic N) is 1. The van der Waals surface area contributed by atoms with Crippen LogP contribution in [0.3, 0.4) is 0 Å². The topological polar surface area (TPSA) is 12.4 Å². The molecule has 0 rings (SSSR count). The number of allylic oxidation sites excluding steroid dienone is 2. The highest BCUT2D eigenvalue weighted by Crippen LogP contribution is 2.07. The lowest BCUT2D eigenvalue weighted by molar-refractivity contribution is 1.26. The molecule has 2 heteroatoms. The standard InChI is InChI=1S/C7H13NS.C2H6/c1-5(2)8-6(3)7(4)9;1-2/h9H,1-4H3;1-2H3/b7-6-;. The zero-order chi connectivity index (χ0) is 9.44. The Morgan fingerprint density at radius 3 is 1.45 bits per heavy atom. The van der Waals surface area contributed by atoms with Crippen molar-refractivity contribution in [1.82, 2.24) is 0 Å². The van der Waals surface area contributed by atoms with Crippen molar-refractivity contribution in [1.29, 1.82) is 0 Å². The van der Waals surface area contributed by atoms with Gasteiger partial charge in [-0.3, -0.25) is 4.99 Å². The number of rotatable bonds is 1. The van der Waals surface area contributed by atoms with Gasteiger partial charge in [0.05, 0.1) is 0 Å². The van der Waals surface area contributed by atoms with Crippen molar-refractivity contribution >= 4 is 18.3 Å². The number of thiol groups is 1. The summed E-state index contributed by atoms with van der Waals surface area (Å²) < 4.78 is 0. The van der Waals surface area contributed by atoms with Gasteiger partial charge in [0.25, 0.3) is 0 Å². The molecule has 0 unspecified atom stereocenters. The van der Waals surface area contributed by atoms with Crippen LogP contribution in [0.5, 0.6) is 0 Å². The molecule has 1 nitrogen and oxygen atoms in total. The highest BCUT2D eigenvalue weighted by molar-refractivity contribution is 7.84. The third kappa shape index (κ3) is 9.76. The maximum atomic E-state index is 4.20. The van der Waals surface area contributed by atoms with Gasteiger partial charge in [0.15, 0.2) is 0 Å². The van der Waals surface area contributed by atoms with Gasteiger partial charge in [0, 0.05) is 11.4 Å². The van der Waals surface area contributed by atoms with Crippen molar-refractivity contribution < 1.29 is 0 Å². The molecule has 0 aromatic heterocycles. The van der Waals surface area contributed by atoms with Gasteiger partial charge in [-0.05, 0) is 32.6 Å². The molecule has 0 aromatic carbocycles. The van der Waals surface area contributed by atoms with Crippen LogP contribution in [0.25, 0.3) is 0 Å². The Bertz CT molecular complexity index is 149. The highest BCUT2D eigenvalue weighted by Gasteiger charge is 1.86. The largest absolute Gasteiger partial charge is 0.262 e. The van der Waals surface area contributed by atoms with Gasteiger partial charge in [-0.2, -0.15) is 0 Å². The number of hydrogen-bond donors (Lipinski definition) is 1. The molecule has 0 heterocycles. The highest BCUT2D eigenvalue weighted by atomic mass is 32.1. The van der Waals surface area contributed by atoms with Crippen LogP contribution in [0.1, 0.15) is 41.5 Å². The number of aliphatic imine (C=N–C) groups is 1. The number of hydrogen-bond acceptors (Lipinski definition) is 2. The van der Waals surface area contributed by atoms with Gasteiger partial charge in [-0.25, -0.2) is 0 Å². The van der Waals surface area contributed by atoms with Gasteiger partial charge in [-0.1, -0.05) is 13.8 Å². The van der Waals surface area contributed by atoms with Crippen LogP contribution >= 0.6 is 12.6 Å². The Hall–Kier alpha value is -0.240. The van der Waals surface area contributed by atoms with Crippen molar-refractivity contribution in [2.75, 3.05) is 0 Å². The predicted molar refractivity (Wildman–Crippen MR) is 57.5 cm³/mol. The van der Waals surface area contributed by atoms with Crippen LogP contribution in [0.4, 0.5) is 0 Å². The molecular weight excluding hydrogens is 154 g/mol. The van der Waals surface area contributed by atoms with Gasteiger partial charge in [0.2, 0.25) is 0 Å². The minimum absolute atomic E-state index is 0.983. The lowest BCUT2D eigenvalue weighted by Gasteiger charge is -1.94. The van der Waals surface area contributed by atoms with Crippen LogP contribution in [-0.2, 0) is 0 Å². The van der Waals surface area contributed by atoms with Crippen LogP contribution < -0.4 is 0 Å². The first-order valence-corrected chi connectivity index (χ1v) is 4.37. The summed E-state index contributed by atoms with van der Waals surface area (Å²) in [5, 5.41) is 0. The van der Waals surface area contributed by atoms with Gasteiger partial charge < -0.3 is 0 Å². The van der Waals surface area contributed by atoms with E-state index in [2.05, 4.69) is 17.6 Å². The van der Waals surface area contributed by atoms with Crippen molar-refractivity contribution in [3.63, 3.8) is 0 Å². The van der Waals surface area contributed by atoms with E-state index < -0.39 is 0 Å². The summed E-state index contributed by atoms with van der Waals surface area (Å²) in [7, 11) is 0. The zero-order valence-corrected chi connectivity index (χ0v) is 9.29. The summed E-state index contributed by atoms with van der Waals surface area (Å²) >= 11 is 4.14. The molecule has 0 spiro atoms. The molecule has 0 aliphatic rings. The van der Waals surface area contributed by atoms with Gasteiger partial charge in [-0.15, -0.1) is 12.6 Å². The van der Waals surface area contributed by atoms with Crippen LogP contribution in [0, 0.1) is 0 Å². The first kappa shape index (κ1) is 13.4. The molecule has 11 heavy (non-hydrogen) atoms. The monoisotopic (exact) mass is 173 g/mol. The first-order valence-electron chi connectivity index (χ1n) is 3.92. The Balaban J connectivity index is 0. The Morgan fingerprint density at radius 1 is 1.00 bits per heavy atom. The van der Waals surface area contributed by atoms with E-state index in [1.54, 1.807) is 0 Å². The molecule has 0 fully saturated rings. The van der Waals surface area contributed by atoms with E-state index in [1.165, 1.54) is 0 Å². The summed E-state index contributed by atoms with van der Waals surface area (Å²) in [6.07, 6.45) is 0. The van der Waals surface area contributed by atoms with Crippen molar-refractivity contribution in [3.8, 4) is 0 Å². The van der Waals surface area contributed by atoms with Crippen LogP contribution in [0.15, 0.2) is 15.6 Å². The predicted octanol–water partition coefficient (Wildman–Crippen LogP) is 3.67. The fourth-order valence-electron chi connectivity index (χ4n) is 0.416. The fraction of sp³-hybridized carbons (Fsp3) is 0.667. The molecule has 0 radical (unpaired) electrons. The fourth-order valence-corrected chi connectivity index (χ4v) is 0.466. The molecule has 0 saturated carbocycles. The third-order valence-corrected chi connectivity index (χ3v) is 1.24. The molecular formula is C9H19NS. The van der Waals surface area contributed by atoms with E-state index in [0.717, 1.165) is 16.3 Å². The molecule has 0 aliphatic heterocycles. The average molecular weight is 173 g/mol. The first-order chi connectivity index (χ1) is 5.04. The molecule has 0 saturated heterocycles. The second-order valence-corrected chi connectivity index (χ2v) is 2.90. The van der Waals surface area contributed by atoms with E-state index >= 15 is 0 Å². The summed E-state index contributed by atoms with van der Waals surface area (Å²) in [5.74, 6) is 0. The lowest BCUT2D eigenvalue weighted by Crippen LogP contribution is -1.81. The van der Waals surface area contributed by atoms with Crippen molar-refractivity contribution in [2.45, 2.75) is 41.5 Å². The van der Waals surface area contributed by atoms with Crippen molar-refractivity contribution in [2.24, 2.45) is 4.99 Å². The van der Waals surface area contributed by atoms with E-state index in [0.29, 0.717) is 0 Å². The van der Waals surface area contributed by atoms with E-state index in [-0.39, 0.29) is 0 Å². The SMILES string of the molecule is CC.CC(C)=N/C(C)=C(/C)S. The summed E-state index contributed by atoms with van der Waals surface area (Å²) in [6.45, 7) is 11.8. The molecule has 0 amide bonds. The molecule has 0 aliphatic carbocycles. The van der Waals surface area contributed by atoms with E-state index in [4.69, 9.17) is 0 Å². The molecule has 0 aromatic rings. The maximum Gasteiger partial charge on any atom is 0.0461 e. The lowest BCUT2D eigenvalue weighted by atomic mass is 10.4. The normalized spacial score (nSPS) is 10.8. The molecule has 66 valence electrons. The zero-order valence-electron chi connectivity index (χ0n) is 8.39. The summed E-state index contributed by atoms with van der Waals surface area (Å²) in [6, 6.07) is 0. The van der Waals surface area contributed by atoms with Crippen LogP contribution in [-0.4, -0.2) is 5.71 Å². The van der Waals surface area contributed by atoms with Gasteiger partial charge >= 0.3 is 0 Å². The summed E-state index contributed by atoms with van der Waals surface area (Å²) in [5.41, 5.74) is 2.07. The Morgan fingerprint density at radius 2 is 1.36 bits per heavy atom. The van der Waals surface area contributed by atoms with Gasteiger partial charge in [0.1, 0.15) is 0 Å². The second kappa shape index (κ2) is 7.86. The minimum Gasteiger partial charge on any atom is -0.262 e. The third-order valence-electron chi connectivity index (χ3n) is 0.915. The second-order valence-electron chi connectivity index (χ2n) is 2.23. The molecule has 0 atom stereocenters. The van der Waals surface area contributed by atoms with Crippen LogP contribution in [0.2, 0.25) is 0 Å².